The van der Waals surface area contributed by atoms with E-state index in [9.17, 15) is 0 Å². The van der Waals surface area contributed by atoms with Crippen molar-refractivity contribution in [3.8, 4) is 39.1 Å². The molecule has 0 atom stereocenters. The summed E-state index contributed by atoms with van der Waals surface area (Å²) >= 11 is 0. The first-order chi connectivity index (χ1) is 26.8. The molecule has 0 aliphatic carbocycles. The molecule has 0 radical (unpaired) electrons. The van der Waals surface area contributed by atoms with E-state index in [-0.39, 0.29) is 0 Å². The van der Waals surface area contributed by atoms with Crippen molar-refractivity contribution in [3.05, 3.63) is 247 Å². The van der Waals surface area contributed by atoms with Crippen molar-refractivity contribution in [1.29, 1.82) is 0 Å². The highest BCUT2D eigenvalue weighted by Crippen LogP contribution is 2.71. The summed E-state index contributed by atoms with van der Waals surface area (Å²) in [6.07, 6.45) is 0. The smallest absolute Gasteiger partial charge is 0.400 e. The lowest BCUT2D eigenvalue weighted by molar-refractivity contribution is 0.00370. The van der Waals surface area contributed by atoms with Gasteiger partial charge in [0.1, 0.15) is 5.75 Å². The van der Waals surface area contributed by atoms with Crippen LogP contribution in [0.1, 0.15) is 22.3 Å². The monoisotopic (exact) mass is 716 g/mol. The fraction of sp³-hybridized carbons (Fsp3) is 0.0400. The van der Waals surface area contributed by atoms with Crippen molar-refractivity contribution in [2.75, 3.05) is 0 Å². The van der Waals surface area contributed by atoms with Crippen molar-refractivity contribution in [3.63, 3.8) is 0 Å². The van der Waals surface area contributed by atoms with Crippen LogP contribution >= 0.6 is 8.60 Å². The summed E-state index contributed by atoms with van der Waals surface area (Å²) in [4.78, 5) is 0. The third-order valence-corrected chi connectivity index (χ3v) is 11.3. The predicted molar refractivity (Wildman–Crippen MR) is 220 cm³/mol. The van der Waals surface area contributed by atoms with E-state index in [4.69, 9.17) is 13.6 Å². The Morgan fingerprint density at radius 3 is 0.907 bits per heavy atom. The van der Waals surface area contributed by atoms with Gasteiger partial charge >= 0.3 is 8.60 Å². The van der Waals surface area contributed by atoms with E-state index in [0.29, 0.717) is 5.75 Å². The summed E-state index contributed by atoms with van der Waals surface area (Å²) in [5, 5.41) is 0. The van der Waals surface area contributed by atoms with Gasteiger partial charge in [0, 0.05) is 11.1 Å². The van der Waals surface area contributed by atoms with Gasteiger partial charge in [-0.1, -0.05) is 212 Å². The van der Waals surface area contributed by atoms with Crippen LogP contribution in [0.2, 0.25) is 0 Å². The molecule has 1 saturated heterocycles. The minimum atomic E-state index is -2.07. The molecule has 54 heavy (non-hydrogen) atoms. The molecule has 1 fully saturated rings. The first-order valence-corrected chi connectivity index (χ1v) is 19.3. The maximum Gasteiger partial charge on any atom is 0.400 e. The lowest BCUT2D eigenvalue weighted by Gasteiger charge is -2.43. The maximum atomic E-state index is 7.57. The van der Waals surface area contributed by atoms with Crippen molar-refractivity contribution in [2.45, 2.75) is 11.2 Å². The molecule has 0 unspecified atom stereocenters. The van der Waals surface area contributed by atoms with Crippen LogP contribution in [0.3, 0.4) is 0 Å². The molecule has 1 aliphatic heterocycles. The largest absolute Gasteiger partial charge is 0.425 e. The first-order valence-electron chi connectivity index (χ1n) is 18.2. The van der Waals surface area contributed by atoms with E-state index in [1.807, 2.05) is 42.5 Å². The zero-order valence-corrected chi connectivity index (χ0v) is 30.4. The third kappa shape index (κ3) is 5.93. The molecule has 0 saturated carbocycles. The molecule has 260 valence electrons. The average Bonchev–Trinajstić information content (AvgIpc) is 3.62. The molecule has 4 heteroatoms. The second-order valence-electron chi connectivity index (χ2n) is 13.3. The van der Waals surface area contributed by atoms with Crippen LogP contribution in [0.15, 0.2) is 224 Å². The van der Waals surface area contributed by atoms with Crippen molar-refractivity contribution in [1.82, 2.24) is 0 Å². The number of benzene rings is 8. The van der Waals surface area contributed by atoms with Crippen molar-refractivity contribution in [2.24, 2.45) is 0 Å². The van der Waals surface area contributed by atoms with Gasteiger partial charge in [0.2, 0.25) is 0 Å². The summed E-state index contributed by atoms with van der Waals surface area (Å²) in [5.74, 6) is 0.699. The Hall–Kier alpha value is -6.09. The summed E-state index contributed by atoms with van der Waals surface area (Å²) in [5.41, 5.74) is 7.74. The zero-order valence-electron chi connectivity index (χ0n) is 29.5. The molecule has 0 spiro atoms. The van der Waals surface area contributed by atoms with Crippen LogP contribution < -0.4 is 4.52 Å². The van der Waals surface area contributed by atoms with E-state index in [1.54, 1.807) is 0 Å². The molecule has 0 bridgehead atoms. The Bertz CT molecular complexity index is 2210. The van der Waals surface area contributed by atoms with Gasteiger partial charge in [0.15, 0.2) is 11.2 Å². The normalized spacial score (nSPS) is 14.7. The molecule has 1 heterocycles. The van der Waals surface area contributed by atoms with E-state index in [0.717, 1.165) is 55.6 Å². The summed E-state index contributed by atoms with van der Waals surface area (Å²) in [6, 6.07) is 77.6. The van der Waals surface area contributed by atoms with Gasteiger partial charge in [-0.3, -0.25) is 9.05 Å². The molecule has 8 aromatic rings. The fourth-order valence-corrected chi connectivity index (χ4v) is 9.30. The second kappa shape index (κ2) is 14.7. The Morgan fingerprint density at radius 1 is 0.315 bits per heavy atom. The summed E-state index contributed by atoms with van der Waals surface area (Å²) in [7, 11) is -2.07. The van der Waals surface area contributed by atoms with Crippen LogP contribution in [0.5, 0.6) is 5.75 Å². The fourth-order valence-electron chi connectivity index (χ4n) is 7.72. The van der Waals surface area contributed by atoms with Crippen molar-refractivity contribution < 1.29 is 13.6 Å². The molecular formula is C50H37O3P. The van der Waals surface area contributed by atoms with E-state index < -0.39 is 19.8 Å². The Labute approximate surface area is 318 Å². The molecule has 0 amide bonds. The molecule has 0 N–H and O–H groups in total. The highest BCUT2D eigenvalue weighted by molar-refractivity contribution is 7.42. The minimum Gasteiger partial charge on any atom is -0.425 e. The Balaban J connectivity index is 1.32. The topological polar surface area (TPSA) is 27.7 Å². The van der Waals surface area contributed by atoms with E-state index >= 15 is 0 Å². The number of hydrogen-bond acceptors (Lipinski definition) is 3. The summed E-state index contributed by atoms with van der Waals surface area (Å²) < 4.78 is 22.5. The minimum absolute atomic E-state index is 0.699. The number of rotatable bonds is 9. The Kier molecular flexibility index (Phi) is 9.20. The SMILES string of the molecule is c1ccc(-c2cc(-c3ccccc3)c(OP3OC(c4ccccc4)(c4ccccc4)C(c4ccccc4)(c4ccccc4)O3)c(-c3ccccc3)c2)cc1. The van der Waals surface area contributed by atoms with E-state index in [2.05, 4.69) is 182 Å². The second-order valence-corrected chi connectivity index (χ2v) is 14.3. The lowest BCUT2D eigenvalue weighted by Crippen LogP contribution is -2.48. The number of hydrogen-bond donors (Lipinski definition) is 0. The van der Waals surface area contributed by atoms with Crippen LogP contribution in [0.25, 0.3) is 33.4 Å². The first kappa shape index (κ1) is 33.7. The van der Waals surface area contributed by atoms with Gasteiger partial charge in [0.25, 0.3) is 0 Å². The lowest BCUT2D eigenvalue weighted by atomic mass is 9.66. The average molecular weight is 717 g/mol. The highest BCUT2D eigenvalue weighted by Gasteiger charge is 2.67. The van der Waals surface area contributed by atoms with Gasteiger partial charge in [-0.15, -0.1) is 0 Å². The maximum absolute atomic E-state index is 7.57. The third-order valence-electron chi connectivity index (χ3n) is 10.2. The molecule has 1 aliphatic rings. The van der Waals surface area contributed by atoms with Gasteiger partial charge < -0.3 is 4.52 Å². The molecular weight excluding hydrogens is 680 g/mol. The van der Waals surface area contributed by atoms with Gasteiger partial charge in [0.05, 0.1) is 0 Å². The zero-order chi connectivity index (χ0) is 36.2. The van der Waals surface area contributed by atoms with Gasteiger partial charge in [-0.25, -0.2) is 0 Å². The van der Waals surface area contributed by atoms with Crippen LogP contribution in [-0.2, 0) is 20.2 Å². The standard InChI is InChI=1S/C50H37O3P/c1-8-22-38(23-9-1)41-36-46(39-24-10-2-11-25-39)48(47(37-41)40-26-12-3-13-27-40)51-54-52-49(42-28-14-4-15-29-42,43-30-16-5-17-31-43)50(53-54,44-32-18-6-19-33-44)45-34-20-7-21-35-45/h1-37H. The molecule has 0 aromatic heterocycles. The van der Waals surface area contributed by atoms with Crippen LogP contribution in [0.4, 0.5) is 0 Å². The molecule has 8 aromatic carbocycles. The quantitative estimate of drug-likeness (QED) is 0.139. The predicted octanol–water partition coefficient (Wildman–Crippen LogP) is 13.2. The van der Waals surface area contributed by atoms with Crippen molar-refractivity contribution >= 4 is 8.60 Å². The molecule has 3 nitrogen and oxygen atoms in total. The summed E-state index contributed by atoms with van der Waals surface area (Å²) in [6.45, 7) is 0. The molecule has 9 rings (SSSR count). The highest BCUT2D eigenvalue weighted by atomic mass is 31.2. The van der Waals surface area contributed by atoms with E-state index in [1.165, 1.54) is 0 Å². The van der Waals surface area contributed by atoms with Gasteiger partial charge in [-0.05, 0) is 56.6 Å². The van der Waals surface area contributed by atoms with Crippen LogP contribution in [0, 0.1) is 0 Å². The Morgan fingerprint density at radius 2 is 0.593 bits per heavy atom. The van der Waals surface area contributed by atoms with Crippen LogP contribution in [-0.4, -0.2) is 0 Å². The van der Waals surface area contributed by atoms with Gasteiger partial charge in [-0.2, -0.15) is 0 Å².